The number of carbonyl (C=O) groups excluding carboxylic acids is 2. The van der Waals surface area contributed by atoms with E-state index in [0.29, 0.717) is 12.8 Å². The number of hydrogen-bond acceptors (Lipinski definition) is 12. The van der Waals surface area contributed by atoms with Gasteiger partial charge in [0.15, 0.2) is 6.10 Å². The third-order valence-corrected chi connectivity index (χ3v) is 10.2. The predicted molar refractivity (Wildman–Crippen MR) is 207 cm³/mol. The number of rotatable bonds is 32. The first-order valence-electron chi connectivity index (χ1n) is 20.3. The lowest BCUT2D eigenvalue weighted by Crippen LogP contribution is -2.64. The molecule has 0 aromatic heterocycles. The molecular weight excluding hydrogens is 719 g/mol. The van der Waals surface area contributed by atoms with Gasteiger partial charge in [0.2, 0.25) is 0 Å². The van der Waals surface area contributed by atoms with E-state index in [1.54, 1.807) is 0 Å². The lowest BCUT2D eigenvalue weighted by molar-refractivity contribution is -0.220. The lowest BCUT2D eigenvalue weighted by atomic mass is 9.85. The molecule has 1 aliphatic carbocycles. The van der Waals surface area contributed by atoms with Gasteiger partial charge in [-0.15, -0.1) is 0 Å². The van der Waals surface area contributed by atoms with Crippen LogP contribution in [0.2, 0.25) is 0 Å². The Hall–Kier alpha value is -1.93. The molecule has 0 saturated heterocycles. The van der Waals surface area contributed by atoms with E-state index in [-0.39, 0.29) is 12.8 Å². The average Bonchev–Trinajstić information content (AvgIpc) is 3.15. The number of unbranched alkanes of at least 4 members (excludes halogenated alkanes) is 14. The molecule has 6 N–H and O–H groups in total. The van der Waals surface area contributed by atoms with Crippen LogP contribution in [0.3, 0.4) is 0 Å². The van der Waals surface area contributed by atoms with E-state index in [2.05, 4.69) is 50.3 Å². The topological polar surface area (TPSA) is 210 Å². The van der Waals surface area contributed by atoms with Crippen LogP contribution in [0.5, 0.6) is 0 Å². The molecule has 0 bridgehead atoms. The van der Waals surface area contributed by atoms with E-state index in [1.165, 1.54) is 38.5 Å². The van der Waals surface area contributed by atoms with E-state index >= 15 is 0 Å². The number of phosphoric acid groups is 1. The molecule has 1 saturated carbocycles. The fourth-order valence-electron chi connectivity index (χ4n) is 5.88. The molecule has 0 aliphatic heterocycles. The van der Waals surface area contributed by atoms with Gasteiger partial charge in [0.25, 0.3) is 0 Å². The summed E-state index contributed by atoms with van der Waals surface area (Å²) in [6.45, 7) is 3.18. The van der Waals surface area contributed by atoms with E-state index < -0.39 is 75.7 Å². The highest BCUT2D eigenvalue weighted by Crippen LogP contribution is 2.47. The molecule has 8 atom stereocenters. The highest BCUT2D eigenvalue weighted by molar-refractivity contribution is 7.47. The number of allylic oxidation sites excluding steroid dienone is 6. The van der Waals surface area contributed by atoms with Gasteiger partial charge in [0.05, 0.1) is 6.61 Å². The normalized spacial score (nSPS) is 23.6. The van der Waals surface area contributed by atoms with Crippen molar-refractivity contribution in [3.63, 3.8) is 0 Å². The summed E-state index contributed by atoms with van der Waals surface area (Å²) in [6, 6.07) is 0. The molecule has 1 rings (SSSR count). The zero-order valence-corrected chi connectivity index (χ0v) is 33.7. The Labute approximate surface area is 323 Å². The molecule has 13 nitrogen and oxygen atoms in total. The lowest BCUT2D eigenvalue weighted by Gasteiger charge is -2.41. The van der Waals surface area contributed by atoms with Crippen molar-refractivity contribution < 1.29 is 63.1 Å². The van der Waals surface area contributed by atoms with Crippen LogP contribution in [0.4, 0.5) is 0 Å². The van der Waals surface area contributed by atoms with Crippen LogP contribution in [0.1, 0.15) is 149 Å². The van der Waals surface area contributed by atoms with Gasteiger partial charge in [-0.2, -0.15) is 0 Å². The minimum absolute atomic E-state index is 0.0913. The van der Waals surface area contributed by atoms with Crippen LogP contribution in [-0.2, 0) is 32.7 Å². The van der Waals surface area contributed by atoms with E-state index in [9.17, 15) is 44.6 Å². The standard InChI is InChI=1S/C40H71O13P/c1-3-5-7-9-11-13-14-15-16-17-18-19-20-21-23-24-26-28-33(41)50-30-32(52-34(42)29-27-25-22-12-10-8-6-4-2)31-51-54(48,49)53-40-38(46)36(44)35(43)37(45)39(40)47/h11,13,15-16,18-19,32,35-40,43-47H,3-10,12,14,17,20-31H2,1-2H3,(H,48,49)/b13-11+,16-15+,19-18+/t32-,35?,36-,37?,38?,39?,40?/m0/s1. The van der Waals surface area contributed by atoms with Crippen LogP contribution in [-0.4, -0.2) is 98.3 Å². The summed E-state index contributed by atoms with van der Waals surface area (Å²) in [5.74, 6) is -1.13. The molecule has 0 heterocycles. The molecule has 54 heavy (non-hydrogen) atoms. The Morgan fingerprint density at radius 3 is 1.56 bits per heavy atom. The van der Waals surface area contributed by atoms with Crippen LogP contribution in [0.15, 0.2) is 36.5 Å². The summed E-state index contributed by atoms with van der Waals surface area (Å²) >= 11 is 0. The molecule has 314 valence electrons. The first kappa shape index (κ1) is 50.1. The van der Waals surface area contributed by atoms with Crippen molar-refractivity contribution in [1.29, 1.82) is 0 Å². The molecule has 14 heteroatoms. The molecule has 0 aromatic rings. The van der Waals surface area contributed by atoms with E-state index in [4.69, 9.17) is 18.5 Å². The molecule has 0 spiro atoms. The summed E-state index contributed by atoms with van der Waals surface area (Å²) < 4.78 is 33.3. The quantitative estimate of drug-likeness (QED) is 0.0183. The smallest absolute Gasteiger partial charge is 0.462 e. The van der Waals surface area contributed by atoms with Crippen LogP contribution < -0.4 is 0 Å². The van der Waals surface area contributed by atoms with Crippen molar-refractivity contribution in [3.8, 4) is 0 Å². The first-order chi connectivity index (χ1) is 25.9. The fraction of sp³-hybridized carbons (Fsp3) is 0.800. The summed E-state index contributed by atoms with van der Waals surface area (Å²) in [5, 5.41) is 49.9. The van der Waals surface area contributed by atoms with Crippen molar-refractivity contribution in [2.75, 3.05) is 13.2 Å². The number of carbonyl (C=O) groups is 2. The van der Waals surface area contributed by atoms with E-state index in [1.807, 2.05) is 0 Å². The van der Waals surface area contributed by atoms with Gasteiger partial charge in [-0.1, -0.05) is 121 Å². The van der Waals surface area contributed by atoms with Crippen molar-refractivity contribution in [1.82, 2.24) is 0 Å². The molecule has 1 aliphatic rings. The highest BCUT2D eigenvalue weighted by atomic mass is 31.2. The van der Waals surface area contributed by atoms with Gasteiger partial charge in [-0.25, -0.2) is 4.57 Å². The zero-order valence-electron chi connectivity index (χ0n) is 32.8. The molecular formula is C40H71O13P. The second-order valence-corrected chi connectivity index (χ2v) is 15.5. The Morgan fingerprint density at radius 2 is 1.00 bits per heavy atom. The van der Waals surface area contributed by atoms with Crippen molar-refractivity contribution in [2.24, 2.45) is 0 Å². The van der Waals surface area contributed by atoms with Gasteiger partial charge in [-0.3, -0.25) is 18.6 Å². The fourth-order valence-corrected chi connectivity index (χ4v) is 6.85. The second-order valence-electron chi connectivity index (χ2n) is 14.1. The molecule has 0 aromatic carbocycles. The summed E-state index contributed by atoms with van der Waals surface area (Å²) in [6.07, 6.45) is 19.5. The largest absolute Gasteiger partial charge is 0.472 e. The number of ether oxygens (including phenoxy) is 2. The van der Waals surface area contributed by atoms with Gasteiger partial charge in [0, 0.05) is 12.8 Å². The Balaban J connectivity index is 2.49. The van der Waals surface area contributed by atoms with Crippen molar-refractivity contribution >= 4 is 19.8 Å². The number of phosphoric ester groups is 1. The molecule has 0 amide bonds. The van der Waals surface area contributed by atoms with Crippen molar-refractivity contribution in [2.45, 2.75) is 191 Å². The Bertz CT molecular complexity index is 1100. The Kier molecular flexibility index (Phi) is 28.9. The van der Waals surface area contributed by atoms with Gasteiger partial charge >= 0.3 is 19.8 Å². The number of hydrogen-bond donors (Lipinski definition) is 6. The van der Waals surface area contributed by atoms with Crippen LogP contribution in [0.25, 0.3) is 0 Å². The second kappa shape index (κ2) is 31.2. The maximum atomic E-state index is 12.7. The summed E-state index contributed by atoms with van der Waals surface area (Å²) in [4.78, 5) is 35.4. The van der Waals surface area contributed by atoms with Gasteiger partial charge < -0.3 is 39.9 Å². The monoisotopic (exact) mass is 790 g/mol. The minimum Gasteiger partial charge on any atom is -0.462 e. The van der Waals surface area contributed by atoms with Crippen LogP contribution in [0, 0.1) is 0 Å². The maximum absolute atomic E-state index is 12.7. The van der Waals surface area contributed by atoms with Crippen molar-refractivity contribution in [3.05, 3.63) is 36.5 Å². The molecule has 1 fully saturated rings. The molecule has 6 unspecified atom stereocenters. The number of esters is 2. The summed E-state index contributed by atoms with van der Waals surface area (Å²) in [5.41, 5.74) is 0. The van der Waals surface area contributed by atoms with Gasteiger partial charge in [0.1, 0.15) is 43.2 Å². The maximum Gasteiger partial charge on any atom is 0.472 e. The highest BCUT2D eigenvalue weighted by Gasteiger charge is 2.51. The minimum atomic E-state index is -5.11. The Morgan fingerprint density at radius 1 is 0.574 bits per heavy atom. The SMILES string of the molecule is CCCCC/C=C/C/C=C/C/C=C/CCCCCCC(=O)OC[C@@H](COP(=O)(O)OC1C(O)C(O)C(O)[C@H](O)C1O)OC(=O)CCCCCCCCCC. The predicted octanol–water partition coefficient (Wildman–Crippen LogP) is 6.66. The van der Waals surface area contributed by atoms with Gasteiger partial charge in [-0.05, 0) is 51.4 Å². The number of aliphatic hydroxyl groups excluding tert-OH is 5. The third-order valence-electron chi connectivity index (χ3n) is 9.23. The third kappa shape index (κ3) is 23.9. The van der Waals surface area contributed by atoms with E-state index in [0.717, 1.165) is 70.6 Å². The van der Waals surface area contributed by atoms with Crippen LogP contribution >= 0.6 is 7.82 Å². The summed E-state index contributed by atoms with van der Waals surface area (Å²) in [7, 11) is -5.11. The number of aliphatic hydroxyl groups is 5. The first-order valence-corrected chi connectivity index (χ1v) is 21.8. The zero-order chi connectivity index (χ0) is 40.0. The average molecular weight is 791 g/mol. The molecule has 0 radical (unpaired) electrons.